The number of morpholine rings is 1. The third-order valence-electron chi connectivity index (χ3n) is 2.15. The van der Waals surface area contributed by atoms with Gasteiger partial charge in [0, 0.05) is 13.1 Å². The molecule has 1 rings (SSSR count). The Morgan fingerprint density at radius 3 is 3.08 bits per heavy atom. The number of hydrogen-bond acceptors (Lipinski definition) is 2. The summed E-state index contributed by atoms with van der Waals surface area (Å²) in [7, 11) is 0. The zero-order valence-corrected chi connectivity index (χ0v) is 8.38. The molecule has 0 spiro atoms. The van der Waals surface area contributed by atoms with Crippen molar-refractivity contribution in [3.8, 4) is 0 Å². The summed E-state index contributed by atoms with van der Waals surface area (Å²) >= 11 is 0. The molecule has 0 aliphatic carbocycles. The third-order valence-corrected chi connectivity index (χ3v) is 2.15. The minimum absolute atomic E-state index is 0.0395. The van der Waals surface area contributed by atoms with Gasteiger partial charge in [0.15, 0.2) is 0 Å². The van der Waals surface area contributed by atoms with Crippen molar-refractivity contribution < 1.29 is 9.53 Å². The molecule has 4 heteroatoms. The van der Waals surface area contributed by atoms with E-state index in [0.717, 1.165) is 13.0 Å². The Labute approximate surface area is 79.2 Å². The van der Waals surface area contributed by atoms with Crippen LogP contribution in [0, 0.1) is 0 Å². The zero-order valence-electron chi connectivity index (χ0n) is 8.38. The van der Waals surface area contributed by atoms with Crippen molar-refractivity contribution >= 4 is 6.03 Å². The van der Waals surface area contributed by atoms with E-state index >= 15 is 0 Å². The van der Waals surface area contributed by atoms with Crippen LogP contribution < -0.4 is 5.32 Å². The molecule has 0 aromatic heterocycles. The van der Waals surface area contributed by atoms with Gasteiger partial charge in [0.1, 0.15) is 0 Å². The SMILES string of the molecule is CCCNC(=O)N1CCOC[C@H]1C. The van der Waals surface area contributed by atoms with Crippen molar-refractivity contribution in [2.24, 2.45) is 0 Å². The molecule has 0 unspecified atom stereocenters. The average Bonchev–Trinajstić information content (AvgIpc) is 2.15. The van der Waals surface area contributed by atoms with Crippen molar-refractivity contribution in [1.29, 1.82) is 0 Å². The molecular weight excluding hydrogens is 168 g/mol. The molecule has 1 heterocycles. The van der Waals surface area contributed by atoms with Gasteiger partial charge in [-0.1, -0.05) is 6.92 Å². The quantitative estimate of drug-likeness (QED) is 0.694. The first-order valence-electron chi connectivity index (χ1n) is 4.88. The standard InChI is InChI=1S/C9H18N2O2/c1-3-4-10-9(12)11-5-6-13-7-8(11)2/h8H,3-7H2,1-2H3,(H,10,12)/t8-/m1/s1. The van der Waals surface area contributed by atoms with E-state index in [1.165, 1.54) is 0 Å². The first-order valence-corrected chi connectivity index (χ1v) is 4.88. The first kappa shape index (κ1) is 10.3. The molecule has 4 nitrogen and oxygen atoms in total. The van der Waals surface area contributed by atoms with Crippen LogP contribution in [0.4, 0.5) is 4.79 Å². The first-order chi connectivity index (χ1) is 6.25. The number of nitrogens with one attached hydrogen (secondary N) is 1. The molecular formula is C9H18N2O2. The maximum absolute atomic E-state index is 11.5. The number of hydrogen-bond donors (Lipinski definition) is 1. The predicted octanol–water partition coefficient (Wildman–Crippen LogP) is 0.827. The van der Waals surface area contributed by atoms with Crippen molar-refractivity contribution in [2.75, 3.05) is 26.3 Å². The van der Waals surface area contributed by atoms with Gasteiger partial charge < -0.3 is 15.0 Å². The fourth-order valence-corrected chi connectivity index (χ4v) is 1.36. The van der Waals surface area contributed by atoms with Gasteiger partial charge in [-0.05, 0) is 13.3 Å². The largest absolute Gasteiger partial charge is 0.377 e. The van der Waals surface area contributed by atoms with Gasteiger partial charge >= 0.3 is 6.03 Å². The van der Waals surface area contributed by atoms with Crippen LogP contribution in [0.25, 0.3) is 0 Å². The van der Waals surface area contributed by atoms with Crippen molar-refractivity contribution in [1.82, 2.24) is 10.2 Å². The van der Waals surface area contributed by atoms with Crippen LogP contribution in [0.2, 0.25) is 0 Å². The normalized spacial score (nSPS) is 22.9. The molecule has 13 heavy (non-hydrogen) atoms. The Hall–Kier alpha value is -0.770. The maximum Gasteiger partial charge on any atom is 0.317 e. The highest BCUT2D eigenvalue weighted by Gasteiger charge is 2.22. The highest BCUT2D eigenvalue weighted by Crippen LogP contribution is 2.05. The van der Waals surface area contributed by atoms with E-state index in [9.17, 15) is 4.79 Å². The molecule has 0 radical (unpaired) electrons. The summed E-state index contributed by atoms with van der Waals surface area (Å²) in [5.41, 5.74) is 0. The van der Waals surface area contributed by atoms with Crippen LogP contribution in [0.3, 0.4) is 0 Å². The van der Waals surface area contributed by atoms with Gasteiger partial charge in [-0.15, -0.1) is 0 Å². The summed E-state index contributed by atoms with van der Waals surface area (Å²) in [6.07, 6.45) is 0.977. The Kier molecular flexibility index (Phi) is 4.02. The zero-order chi connectivity index (χ0) is 9.68. The molecule has 2 amide bonds. The van der Waals surface area contributed by atoms with Crippen LogP contribution >= 0.6 is 0 Å². The summed E-state index contributed by atoms with van der Waals surface area (Å²) in [6.45, 7) is 6.82. The highest BCUT2D eigenvalue weighted by atomic mass is 16.5. The van der Waals surface area contributed by atoms with E-state index in [-0.39, 0.29) is 12.1 Å². The highest BCUT2D eigenvalue weighted by molar-refractivity contribution is 5.74. The molecule has 1 aliphatic heterocycles. The van der Waals surface area contributed by atoms with Gasteiger partial charge in [-0.3, -0.25) is 0 Å². The van der Waals surface area contributed by atoms with E-state index in [1.54, 1.807) is 0 Å². The Balaban J connectivity index is 2.35. The number of ether oxygens (including phenoxy) is 1. The molecule has 1 saturated heterocycles. The molecule has 76 valence electrons. The molecule has 0 aromatic rings. The monoisotopic (exact) mass is 186 g/mol. The minimum Gasteiger partial charge on any atom is -0.377 e. The second kappa shape index (κ2) is 5.07. The average molecular weight is 186 g/mol. The van der Waals surface area contributed by atoms with Crippen LogP contribution in [-0.2, 0) is 4.74 Å². The number of rotatable bonds is 2. The molecule has 1 fully saturated rings. The van der Waals surface area contributed by atoms with E-state index in [0.29, 0.717) is 19.8 Å². The summed E-state index contributed by atoms with van der Waals surface area (Å²) in [6, 6.07) is 0.239. The minimum atomic E-state index is 0.0395. The molecule has 0 aromatic carbocycles. The molecule has 0 saturated carbocycles. The number of carbonyl (C=O) groups is 1. The fourth-order valence-electron chi connectivity index (χ4n) is 1.36. The van der Waals surface area contributed by atoms with Crippen molar-refractivity contribution in [2.45, 2.75) is 26.3 Å². The van der Waals surface area contributed by atoms with Gasteiger partial charge in [0.25, 0.3) is 0 Å². The Morgan fingerprint density at radius 1 is 1.69 bits per heavy atom. The fraction of sp³-hybridized carbons (Fsp3) is 0.889. The lowest BCUT2D eigenvalue weighted by molar-refractivity contribution is 0.0191. The van der Waals surface area contributed by atoms with E-state index < -0.39 is 0 Å². The Bertz CT molecular complexity index is 173. The van der Waals surface area contributed by atoms with Gasteiger partial charge in [0.2, 0.25) is 0 Å². The van der Waals surface area contributed by atoms with Gasteiger partial charge in [0.05, 0.1) is 19.3 Å². The topological polar surface area (TPSA) is 41.6 Å². The lowest BCUT2D eigenvalue weighted by atomic mass is 10.3. The van der Waals surface area contributed by atoms with Crippen LogP contribution in [-0.4, -0.2) is 43.3 Å². The van der Waals surface area contributed by atoms with E-state index in [2.05, 4.69) is 5.32 Å². The molecule has 1 aliphatic rings. The number of urea groups is 1. The smallest absolute Gasteiger partial charge is 0.317 e. The molecule has 1 N–H and O–H groups in total. The lowest BCUT2D eigenvalue weighted by Crippen LogP contribution is -2.51. The van der Waals surface area contributed by atoms with Crippen molar-refractivity contribution in [3.63, 3.8) is 0 Å². The third kappa shape index (κ3) is 2.88. The van der Waals surface area contributed by atoms with Crippen LogP contribution in [0.15, 0.2) is 0 Å². The second-order valence-electron chi connectivity index (χ2n) is 3.35. The predicted molar refractivity (Wildman–Crippen MR) is 50.7 cm³/mol. The van der Waals surface area contributed by atoms with E-state index in [1.807, 2.05) is 18.7 Å². The van der Waals surface area contributed by atoms with Crippen LogP contribution in [0.1, 0.15) is 20.3 Å². The van der Waals surface area contributed by atoms with Gasteiger partial charge in [-0.25, -0.2) is 4.79 Å². The summed E-state index contributed by atoms with van der Waals surface area (Å²) in [5, 5.41) is 2.86. The number of carbonyl (C=O) groups excluding carboxylic acids is 1. The summed E-state index contributed by atoms with van der Waals surface area (Å²) in [4.78, 5) is 13.4. The molecule has 0 bridgehead atoms. The van der Waals surface area contributed by atoms with Crippen molar-refractivity contribution in [3.05, 3.63) is 0 Å². The number of amides is 2. The van der Waals surface area contributed by atoms with Gasteiger partial charge in [-0.2, -0.15) is 0 Å². The number of nitrogens with zero attached hydrogens (tertiary/aromatic N) is 1. The maximum atomic E-state index is 11.5. The lowest BCUT2D eigenvalue weighted by Gasteiger charge is -2.33. The summed E-state index contributed by atoms with van der Waals surface area (Å²) < 4.78 is 5.24. The van der Waals surface area contributed by atoms with Crippen LogP contribution in [0.5, 0.6) is 0 Å². The second-order valence-corrected chi connectivity index (χ2v) is 3.35. The molecule has 1 atom stereocenters. The Morgan fingerprint density at radius 2 is 2.46 bits per heavy atom. The summed E-state index contributed by atoms with van der Waals surface area (Å²) in [5.74, 6) is 0. The van der Waals surface area contributed by atoms with E-state index in [4.69, 9.17) is 4.74 Å².